The second-order valence-corrected chi connectivity index (χ2v) is 5.63. The summed E-state index contributed by atoms with van der Waals surface area (Å²) in [6.07, 6.45) is 2.89. The van der Waals surface area contributed by atoms with Crippen molar-refractivity contribution in [3.05, 3.63) is 24.3 Å². The monoisotopic (exact) mass is 333 g/mol. The first-order valence-electron chi connectivity index (χ1n) is 9.00. The van der Waals surface area contributed by atoms with Gasteiger partial charge in [-0.05, 0) is 55.2 Å². The Morgan fingerprint density at radius 1 is 1.00 bits per heavy atom. The molecule has 0 bridgehead atoms. The molecule has 4 heteroatoms. The minimum absolute atomic E-state index is 0.881. The number of hydrogen-bond acceptors (Lipinski definition) is 4. The summed E-state index contributed by atoms with van der Waals surface area (Å²) in [4.78, 5) is 9.05. The second kappa shape index (κ2) is 11.3. The Hall–Kier alpha value is -1.22. The number of benzene rings is 1. The molecule has 1 aliphatic heterocycles. The number of isothiocyanates is 1. The fourth-order valence-corrected chi connectivity index (χ4v) is 2.75. The lowest BCUT2D eigenvalue weighted by atomic mass is 10.2. The van der Waals surface area contributed by atoms with Gasteiger partial charge in [0.15, 0.2) is 0 Å². The molecule has 1 aromatic carbocycles. The highest BCUT2D eigenvalue weighted by Gasteiger charge is 2.26. The van der Waals surface area contributed by atoms with Crippen LogP contribution in [0.5, 0.6) is 0 Å². The first-order valence-corrected chi connectivity index (χ1v) is 9.41. The van der Waals surface area contributed by atoms with E-state index < -0.39 is 0 Å². The van der Waals surface area contributed by atoms with Crippen molar-refractivity contribution in [1.29, 1.82) is 0 Å². The van der Waals surface area contributed by atoms with Gasteiger partial charge >= 0.3 is 0 Å². The van der Waals surface area contributed by atoms with Gasteiger partial charge in [-0.15, -0.1) is 0 Å². The minimum atomic E-state index is 0.881. The zero-order valence-electron chi connectivity index (χ0n) is 15.1. The zero-order chi connectivity index (χ0) is 17.1. The number of hydrogen-bond donors (Lipinski definition) is 0. The summed E-state index contributed by atoms with van der Waals surface area (Å²) in [6.45, 7) is 14.0. The van der Waals surface area contributed by atoms with Gasteiger partial charge in [0.05, 0.1) is 10.8 Å². The van der Waals surface area contributed by atoms with Crippen LogP contribution in [0.25, 0.3) is 0 Å². The van der Waals surface area contributed by atoms with E-state index in [-0.39, 0.29) is 0 Å². The number of aliphatic imine (C=N–C) groups is 1. The van der Waals surface area contributed by atoms with Gasteiger partial charge in [0.25, 0.3) is 0 Å². The van der Waals surface area contributed by atoms with Crippen LogP contribution in [0.15, 0.2) is 29.3 Å². The maximum atomic E-state index is 4.61. The van der Waals surface area contributed by atoms with Crippen molar-refractivity contribution in [2.45, 2.75) is 40.5 Å². The van der Waals surface area contributed by atoms with Gasteiger partial charge in [0.2, 0.25) is 0 Å². The van der Waals surface area contributed by atoms with Crippen LogP contribution < -0.4 is 4.90 Å². The molecule has 1 heterocycles. The number of rotatable bonds is 4. The van der Waals surface area contributed by atoms with E-state index in [2.05, 4.69) is 44.3 Å². The topological polar surface area (TPSA) is 18.8 Å². The summed E-state index contributed by atoms with van der Waals surface area (Å²) in [5.41, 5.74) is 2.17. The summed E-state index contributed by atoms with van der Waals surface area (Å²) in [5, 5.41) is 2.40. The molecule has 0 aromatic heterocycles. The van der Waals surface area contributed by atoms with Crippen LogP contribution in [-0.4, -0.2) is 42.8 Å². The van der Waals surface area contributed by atoms with Crippen LogP contribution >= 0.6 is 12.2 Å². The number of anilines is 1. The number of thiocarbonyl (C=S) groups is 1. The van der Waals surface area contributed by atoms with Gasteiger partial charge in [-0.25, -0.2) is 0 Å². The predicted molar refractivity (Wildman–Crippen MR) is 105 cm³/mol. The van der Waals surface area contributed by atoms with Crippen molar-refractivity contribution in [2.75, 3.05) is 37.6 Å². The van der Waals surface area contributed by atoms with Crippen molar-refractivity contribution in [1.82, 2.24) is 4.90 Å². The average molecular weight is 334 g/mol. The molecule has 0 spiro atoms. The van der Waals surface area contributed by atoms with Crippen LogP contribution in [0.1, 0.15) is 40.5 Å². The van der Waals surface area contributed by atoms with Crippen molar-refractivity contribution >= 4 is 28.8 Å². The molecule has 1 saturated carbocycles. The van der Waals surface area contributed by atoms with E-state index in [9.17, 15) is 0 Å². The van der Waals surface area contributed by atoms with Gasteiger partial charge in [0.1, 0.15) is 0 Å². The smallest absolute Gasteiger partial charge is 0.0741 e. The Morgan fingerprint density at radius 2 is 1.57 bits per heavy atom. The van der Waals surface area contributed by atoms with Gasteiger partial charge in [-0.2, -0.15) is 4.99 Å². The average Bonchev–Trinajstić information content (AvgIpc) is 3.44. The summed E-state index contributed by atoms with van der Waals surface area (Å²) >= 11 is 4.61. The largest absolute Gasteiger partial charge is 0.369 e. The van der Waals surface area contributed by atoms with Gasteiger partial charge < -0.3 is 4.90 Å². The van der Waals surface area contributed by atoms with Crippen molar-refractivity contribution in [3.63, 3.8) is 0 Å². The molecule has 0 N–H and O–H groups in total. The zero-order valence-corrected chi connectivity index (χ0v) is 15.9. The molecule has 0 radical (unpaired) electrons. The highest BCUT2D eigenvalue weighted by molar-refractivity contribution is 7.78. The molecule has 2 fully saturated rings. The van der Waals surface area contributed by atoms with Crippen LogP contribution in [-0.2, 0) is 0 Å². The fraction of sp³-hybridized carbons (Fsp3) is 0.632. The van der Waals surface area contributed by atoms with Gasteiger partial charge in [-0.1, -0.05) is 27.7 Å². The molecule has 23 heavy (non-hydrogen) atoms. The van der Waals surface area contributed by atoms with Crippen molar-refractivity contribution in [2.24, 2.45) is 10.9 Å². The van der Waals surface area contributed by atoms with E-state index in [0.717, 1.165) is 24.7 Å². The summed E-state index contributed by atoms with van der Waals surface area (Å²) in [6, 6.07) is 8.26. The molecule has 2 aliphatic rings. The first-order chi connectivity index (χ1) is 11.3. The molecule has 0 atom stereocenters. The highest BCUT2D eigenvalue weighted by atomic mass is 32.1. The second-order valence-electron chi connectivity index (χ2n) is 5.45. The first kappa shape index (κ1) is 19.8. The summed E-state index contributed by atoms with van der Waals surface area (Å²) < 4.78 is 0. The Labute approximate surface area is 147 Å². The molecular formula is C19H31N3S. The molecule has 1 aliphatic carbocycles. The predicted octanol–water partition coefficient (Wildman–Crippen LogP) is 5.01. The molecular weight excluding hydrogens is 302 g/mol. The molecule has 1 saturated heterocycles. The lowest BCUT2D eigenvalue weighted by Gasteiger charge is -2.36. The van der Waals surface area contributed by atoms with Crippen LogP contribution in [0, 0.1) is 5.92 Å². The van der Waals surface area contributed by atoms with E-state index >= 15 is 0 Å². The quantitative estimate of drug-likeness (QED) is 0.570. The maximum absolute atomic E-state index is 4.61. The normalized spacial score (nSPS) is 17.1. The van der Waals surface area contributed by atoms with E-state index in [1.165, 1.54) is 38.2 Å². The molecule has 3 rings (SSSR count). The SMILES string of the molecule is CC.CC.S=C=Nc1ccc(N2CCN(CC3CC3)CC2)cc1. The van der Waals surface area contributed by atoms with Crippen molar-refractivity contribution < 1.29 is 0 Å². The lowest BCUT2D eigenvalue weighted by molar-refractivity contribution is 0.248. The standard InChI is InChI=1S/C15H19N3S.2C2H6/c19-12-16-14-3-5-15(6-4-14)18-9-7-17(8-10-18)11-13-1-2-13;2*1-2/h3-6,13H,1-2,7-11H2;2*1-2H3. The molecule has 128 valence electrons. The Morgan fingerprint density at radius 3 is 2.04 bits per heavy atom. The Kier molecular flexibility index (Phi) is 9.77. The molecule has 0 unspecified atom stereocenters. The molecule has 3 nitrogen and oxygen atoms in total. The third kappa shape index (κ3) is 6.82. The van der Waals surface area contributed by atoms with Gasteiger partial charge in [0, 0.05) is 38.4 Å². The third-order valence-electron chi connectivity index (χ3n) is 3.98. The summed E-state index contributed by atoms with van der Waals surface area (Å²) in [5.74, 6) is 0.998. The van der Waals surface area contributed by atoms with Crippen LogP contribution in [0.2, 0.25) is 0 Å². The Bertz CT molecular complexity index is 468. The van der Waals surface area contributed by atoms with Crippen LogP contribution in [0.4, 0.5) is 11.4 Å². The van der Waals surface area contributed by atoms with E-state index in [0.29, 0.717) is 0 Å². The highest BCUT2D eigenvalue weighted by Crippen LogP contribution is 2.30. The maximum Gasteiger partial charge on any atom is 0.0741 e. The summed E-state index contributed by atoms with van der Waals surface area (Å²) in [7, 11) is 0. The third-order valence-corrected chi connectivity index (χ3v) is 4.07. The Balaban J connectivity index is 0.000000615. The van der Waals surface area contributed by atoms with E-state index in [1.54, 1.807) is 0 Å². The lowest BCUT2D eigenvalue weighted by Crippen LogP contribution is -2.47. The fourth-order valence-electron chi connectivity index (χ4n) is 2.64. The minimum Gasteiger partial charge on any atom is -0.369 e. The van der Waals surface area contributed by atoms with Crippen molar-refractivity contribution in [3.8, 4) is 0 Å². The number of nitrogens with zero attached hydrogens (tertiary/aromatic N) is 3. The van der Waals surface area contributed by atoms with Gasteiger partial charge in [-0.3, -0.25) is 4.90 Å². The van der Waals surface area contributed by atoms with E-state index in [4.69, 9.17) is 0 Å². The van der Waals surface area contributed by atoms with Crippen LogP contribution in [0.3, 0.4) is 0 Å². The van der Waals surface area contributed by atoms with E-state index in [1.807, 2.05) is 39.8 Å². The molecule has 1 aromatic rings. The molecule has 0 amide bonds. The number of piperazine rings is 1.